The first-order chi connectivity index (χ1) is 51.8. The number of Topliss-reactive ketones (excluding diaryl/α,β-unsaturated/α-hetero) is 1. The van der Waals surface area contributed by atoms with Gasteiger partial charge in [0.1, 0.15) is 18.3 Å². The Kier molecular flexibility index (Phi) is 28.9. The molecule has 4 heterocycles. The molecule has 4 aromatic heterocycles. The Morgan fingerprint density at radius 1 is 0.455 bits per heavy atom. The van der Waals surface area contributed by atoms with Crippen LogP contribution >= 0.6 is 11.6 Å². The Balaban J connectivity index is 0.000000267. The summed E-state index contributed by atoms with van der Waals surface area (Å²) in [6.45, 7) is 4.35. The molecule has 10 N–H and O–H groups in total. The van der Waals surface area contributed by atoms with Gasteiger partial charge in [-0.1, -0.05) is 0 Å². The van der Waals surface area contributed by atoms with Gasteiger partial charge in [0, 0.05) is 41.3 Å². The van der Waals surface area contributed by atoms with Crippen LogP contribution in [-0.4, -0.2) is 141 Å². The monoisotopic (exact) mass is 1600 g/mol. The van der Waals surface area contributed by atoms with Crippen molar-refractivity contribution in [2.24, 2.45) is 0 Å². The number of hydrogen-bond acceptors (Lipinski definition) is 22. The second-order valence-corrected chi connectivity index (χ2v) is 24.4. The van der Waals surface area contributed by atoms with Crippen LogP contribution in [0.15, 0.2) is 122 Å². The molecule has 4 atom stereocenters. The van der Waals surface area contributed by atoms with E-state index < -0.39 is 139 Å². The summed E-state index contributed by atoms with van der Waals surface area (Å²) in [4.78, 5) is 92.7. The van der Waals surface area contributed by atoms with E-state index in [1.807, 2.05) is 0 Å². The van der Waals surface area contributed by atoms with E-state index in [-0.39, 0.29) is 76.7 Å². The molecule has 0 saturated heterocycles. The highest BCUT2D eigenvalue weighted by atomic mass is 35.5. The Morgan fingerprint density at radius 2 is 0.732 bits per heavy atom. The first-order valence-electron chi connectivity index (χ1n) is 30.9. The Labute approximate surface area is 626 Å². The van der Waals surface area contributed by atoms with Crippen molar-refractivity contribution in [1.82, 2.24) is 39.1 Å². The van der Waals surface area contributed by atoms with Gasteiger partial charge in [0.25, 0.3) is 23.6 Å². The van der Waals surface area contributed by atoms with Crippen molar-refractivity contribution >= 4 is 92.8 Å². The molecular formula is C66H58ClF12N19O14. The fourth-order valence-electron chi connectivity index (χ4n) is 8.99. The Bertz CT molecular complexity index is 4710. The zero-order chi connectivity index (χ0) is 84.5. The predicted octanol–water partition coefficient (Wildman–Crippen LogP) is 9.12. The van der Waals surface area contributed by atoms with E-state index in [9.17, 15) is 117 Å². The molecule has 0 radical (unpaired) electrons. The quantitative estimate of drug-likeness (QED) is 0.0105. The second-order valence-electron chi connectivity index (χ2n) is 24.2. The molecule has 112 heavy (non-hydrogen) atoms. The van der Waals surface area contributed by atoms with Crippen molar-refractivity contribution in [2.45, 2.75) is 108 Å². The average molecular weight is 1600 g/mol. The average Bonchev–Trinajstić information content (AvgIpc) is 1.56. The summed E-state index contributed by atoms with van der Waals surface area (Å²) in [6.07, 6.45) is -10.2. The van der Waals surface area contributed by atoms with E-state index in [1.165, 1.54) is 84.9 Å². The number of carbonyl (C=O) groups excluding carboxylic acids is 7. The van der Waals surface area contributed by atoms with Gasteiger partial charge in [0.15, 0.2) is 28.2 Å². The third kappa shape index (κ3) is 25.4. The zero-order valence-electron chi connectivity index (χ0n) is 58.2. The number of methoxy groups -OCH3 is 1. The van der Waals surface area contributed by atoms with Crippen LogP contribution in [0.2, 0.25) is 0 Å². The lowest BCUT2D eigenvalue weighted by atomic mass is 10.0. The first kappa shape index (κ1) is 89.3. The third-order valence-electron chi connectivity index (χ3n) is 14.6. The molecular weight excluding hydrogens is 1550 g/mol. The number of aromatic nitrogens is 8. The zero-order valence-corrected chi connectivity index (χ0v) is 58.9. The van der Waals surface area contributed by atoms with Gasteiger partial charge in [-0.05, 0) is 107 Å². The molecule has 0 fully saturated rings. The minimum atomic E-state index is -4.80. The molecule has 6 amide bonds. The lowest BCUT2D eigenvalue weighted by molar-refractivity contribution is -0.385. The van der Waals surface area contributed by atoms with Gasteiger partial charge < -0.3 is 51.7 Å². The number of ether oxygens (including phenoxy) is 1. The lowest BCUT2D eigenvalue weighted by Crippen LogP contribution is -2.43. The second kappa shape index (κ2) is 36.2. The van der Waals surface area contributed by atoms with Crippen LogP contribution in [0, 0.1) is 55.4 Å². The van der Waals surface area contributed by atoms with E-state index in [2.05, 4.69) is 57.0 Å². The standard InChI is InChI=1S/C17H15ClF3N5O3.C17H16F3N5O4.C17H15F3N4O3.C15H12F3N5O4/c1-16(29,9-26-8-12(7-23-26)24-14(27)5-18)15(28)25-11-3-2-10(6-22)13(4-11)17(19,20)21;1-16(28,9-25-8-12(7-22-25)24-15(27)29-2)14(26)23-11-4-3-10(6-21)13(5-11)17(18,19)20;1-10(25)12-7-22-24(8-12)9-16(2,27)15(26)23-13-4-3-11(6-21)14(5-13)17(18,19)20;1-14(25,8-22-7-11(6-20-22)23(26)27)13(24)21-10-3-2-9(5-19)12(4-10)15(16,17)18/h2-4,7-8,29H,5,9H2,1H3,(H,24,27)(H,25,28);3-5,7-8,28H,9H2,1-2H3,(H,23,26)(H,24,27);3-5,7-8,27H,9H2,1-2H3,(H,23,26);2-4,6-7,25H,8H2,1H3,(H,21,24)/t3*16-;14-/m0000/s1. The highest BCUT2D eigenvalue weighted by Crippen LogP contribution is 2.38. The maximum absolute atomic E-state index is 13.0. The van der Waals surface area contributed by atoms with E-state index >= 15 is 0 Å². The third-order valence-corrected chi connectivity index (χ3v) is 14.9. The number of anilines is 6. The number of nitro groups is 1. The summed E-state index contributed by atoms with van der Waals surface area (Å²) in [5, 5.41) is 116. The highest BCUT2D eigenvalue weighted by molar-refractivity contribution is 6.29. The molecule has 0 aliphatic rings. The van der Waals surface area contributed by atoms with Crippen LogP contribution in [-0.2, 0) is 79.6 Å². The fraction of sp³-hybridized carbons (Fsp3) is 0.288. The largest absolute Gasteiger partial charge is 0.453 e. The number of carbonyl (C=O) groups is 7. The van der Waals surface area contributed by atoms with E-state index in [4.69, 9.17) is 32.6 Å². The molecule has 0 saturated carbocycles. The van der Waals surface area contributed by atoms with Crippen molar-refractivity contribution in [2.75, 3.05) is 44.9 Å². The molecule has 0 spiro atoms. The predicted molar refractivity (Wildman–Crippen MR) is 363 cm³/mol. The van der Waals surface area contributed by atoms with Gasteiger partial charge in [-0.3, -0.25) is 62.9 Å². The Morgan fingerprint density at radius 3 is 0.982 bits per heavy atom. The number of amides is 6. The molecule has 8 aromatic rings. The van der Waals surface area contributed by atoms with Crippen molar-refractivity contribution in [3.63, 3.8) is 0 Å². The number of halogens is 13. The summed E-state index contributed by atoms with van der Waals surface area (Å²) < 4.78 is 165. The number of alkyl halides is 13. The molecule has 0 unspecified atom stereocenters. The summed E-state index contributed by atoms with van der Waals surface area (Å²) in [5.41, 5.74) is -16.0. The minimum Gasteiger partial charge on any atom is -0.453 e. The number of rotatable bonds is 21. The summed E-state index contributed by atoms with van der Waals surface area (Å²) in [7, 11) is 1.17. The highest BCUT2D eigenvalue weighted by Gasteiger charge is 2.41. The van der Waals surface area contributed by atoms with Gasteiger partial charge in [0.2, 0.25) is 5.91 Å². The molecule has 8 rings (SSSR count). The minimum absolute atomic E-state index is 0.225. The number of ketones is 1. The van der Waals surface area contributed by atoms with E-state index in [0.717, 1.165) is 98.0 Å². The van der Waals surface area contributed by atoms with Crippen molar-refractivity contribution in [3.8, 4) is 24.3 Å². The molecule has 0 aliphatic heterocycles. The number of benzene rings is 4. The summed E-state index contributed by atoms with van der Waals surface area (Å²) in [6, 6.07) is 16.2. The maximum atomic E-state index is 13.0. The van der Waals surface area contributed by atoms with Gasteiger partial charge >= 0.3 is 36.5 Å². The van der Waals surface area contributed by atoms with Gasteiger partial charge in [-0.25, -0.2) is 4.79 Å². The van der Waals surface area contributed by atoms with Crippen LogP contribution in [0.5, 0.6) is 0 Å². The van der Waals surface area contributed by atoms with Gasteiger partial charge in [-0.15, -0.1) is 11.6 Å². The number of nitrogens with zero attached hydrogens (tertiary/aromatic N) is 13. The van der Waals surface area contributed by atoms with Crippen LogP contribution in [0.4, 0.5) is 97.3 Å². The van der Waals surface area contributed by atoms with Gasteiger partial charge in [-0.2, -0.15) is 94.1 Å². The number of hydrogen-bond donors (Lipinski definition) is 10. The summed E-state index contributed by atoms with van der Waals surface area (Å²) in [5.74, 6) is -5.00. The molecule has 46 heteroatoms. The number of nitriles is 4. The maximum Gasteiger partial charge on any atom is 0.417 e. The number of aliphatic hydroxyl groups is 4. The number of nitrogens with one attached hydrogen (secondary N) is 6. The summed E-state index contributed by atoms with van der Waals surface area (Å²) >= 11 is 5.37. The van der Waals surface area contributed by atoms with Crippen LogP contribution in [0.3, 0.4) is 0 Å². The van der Waals surface area contributed by atoms with Gasteiger partial charge in [0.05, 0.1) is 143 Å². The van der Waals surface area contributed by atoms with E-state index in [1.54, 1.807) is 0 Å². The molecule has 4 aromatic carbocycles. The molecule has 0 bridgehead atoms. The van der Waals surface area contributed by atoms with Crippen molar-refractivity contribution in [3.05, 3.63) is 183 Å². The van der Waals surface area contributed by atoms with Crippen molar-refractivity contribution < 1.29 is 116 Å². The lowest BCUT2D eigenvalue weighted by Gasteiger charge is -2.22. The molecule has 0 aliphatic carbocycles. The van der Waals surface area contributed by atoms with Crippen LogP contribution < -0.4 is 31.9 Å². The topological polar surface area (TPSA) is 491 Å². The van der Waals surface area contributed by atoms with E-state index in [0.29, 0.717) is 24.3 Å². The Hall–Kier alpha value is -13.3. The van der Waals surface area contributed by atoms with Crippen LogP contribution in [0.25, 0.3) is 0 Å². The first-order valence-corrected chi connectivity index (χ1v) is 31.4. The normalized spacial score (nSPS) is 13.3. The smallest absolute Gasteiger partial charge is 0.417 e. The molecule has 33 nitrogen and oxygen atoms in total. The fourth-order valence-corrected chi connectivity index (χ4v) is 9.05. The molecule has 592 valence electrons. The SMILES string of the molecule is CC(=O)c1cnn(C[C@](C)(O)C(=O)Nc2ccc(C#N)c(C(F)(F)F)c2)c1.COC(=O)Nc1cnn(C[C@](C)(O)C(=O)Nc2ccc(C#N)c(C(F)(F)F)c2)c1.C[C@](O)(Cn1cc(NC(=O)CCl)cn1)C(=O)Nc1ccc(C#N)c(C(F)(F)F)c1.C[C@](O)(Cn1cc([N+](=O)[O-])cn1)C(=O)Nc1ccc(C#N)c(C(F)(F)F)c1. The van der Waals surface area contributed by atoms with Crippen molar-refractivity contribution in [1.29, 1.82) is 21.0 Å². The van der Waals surface area contributed by atoms with Crippen LogP contribution in [0.1, 0.15) is 89.5 Å².